The number of nitrogen functional groups attached to an aromatic ring is 1. The SMILES string of the molecule is CN1CCC(c2cc(Cl)ccc2N)=CC1c1ccc(C(F)(F)F)cc1. The van der Waals surface area contributed by atoms with Gasteiger partial charge in [0.2, 0.25) is 0 Å². The van der Waals surface area contributed by atoms with Crippen molar-refractivity contribution < 1.29 is 13.2 Å². The molecule has 1 aliphatic heterocycles. The number of hydrogen-bond donors (Lipinski definition) is 1. The number of hydrogen-bond acceptors (Lipinski definition) is 2. The minimum absolute atomic E-state index is 0.107. The summed E-state index contributed by atoms with van der Waals surface area (Å²) in [6, 6.07) is 10.5. The van der Waals surface area contributed by atoms with Crippen LogP contribution < -0.4 is 5.73 Å². The largest absolute Gasteiger partial charge is 0.416 e. The first-order valence-corrected chi connectivity index (χ1v) is 8.27. The third kappa shape index (κ3) is 3.83. The zero-order chi connectivity index (χ0) is 18.2. The van der Waals surface area contributed by atoms with E-state index in [1.807, 2.05) is 19.2 Å². The number of halogens is 4. The Bertz CT molecular complexity index is 797. The van der Waals surface area contributed by atoms with Crippen LogP contribution in [0.15, 0.2) is 48.5 Å². The zero-order valence-electron chi connectivity index (χ0n) is 13.6. The second kappa shape index (κ2) is 6.73. The smallest absolute Gasteiger partial charge is 0.398 e. The summed E-state index contributed by atoms with van der Waals surface area (Å²) in [6.45, 7) is 0.781. The highest BCUT2D eigenvalue weighted by atomic mass is 35.5. The van der Waals surface area contributed by atoms with Gasteiger partial charge in [0.25, 0.3) is 0 Å². The highest BCUT2D eigenvalue weighted by Crippen LogP contribution is 2.36. The van der Waals surface area contributed by atoms with Crippen molar-refractivity contribution in [1.29, 1.82) is 0 Å². The molecule has 0 bridgehead atoms. The third-order valence-corrected chi connectivity index (χ3v) is 4.74. The molecule has 1 atom stereocenters. The Morgan fingerprint density at radius 2 is 1.80 bits per heavy atom. The van der Waals surface area contributed by atoms with E-state index < -0.39 is 11.7 Å². The number of nitrogens with two attached hydrogens (primary N) is 1. The number of rotatable bonds is 2. The fourth-order valence-electron chi connectivity index (χ4n) is 3.09. The number of anilines is 1. The first kappa shape index (κ1) is 17.8. The van der Waals surface area contributed by atoms with Gasteiger partial charge in [-0.3, -0.25) is 4.90 Å². The molecule has 0 amide bonds. The van der Waals surface area contributed by atoms with Crippen LogP contribution in [0.25, 0.3) is 5.57 Å². The molecular weight excluding hydrogens is 349 g/mol. The van der Waals surface area contributed by atoms with Crippen molar-refractivity contribution in [3.05, 3.63) is 70.3 Å². The lowest BCUT2D eigenvalue weighted by Crippen LogP contribution is -2.28. The molecule has 0 aliphatic carbocycles. The third-order valence-electron chi connectivity index (χ3n) is 4.51. The molecule has 1 aliphatic rings. The van der Waals surface area contributed by atoms with Crippen LogP contribution in [0.1, 0.15) is 29.2 Å². The predicted molar refractivity (Wildman–Crippen MR) is 95.3 cm³/mol. The Balaban J connectivity index is 1.96. The highest BCUT2D eigenvalue weighted by molar-refractivity contribution is 6.30. The van der Waals surface area contributed by atoms with Crippen molar-refractivity contribution in [2.24, 2.45) is 0 Å². The maximum absolute atomic E-state index is 12.8. The van der Waals surface area contributed by atoms with Gasteiger partial charge < -0.3 is 5.73 Å². The van der Waals surface area contributed by atoms with E-state index in [9.17, 15) is 13.2 Å². The van der Waals surface area contributed by atoms with E-state index >= 15 is 0 Å². The number of alkyl halides is 3. The molecule has 2 aromatic rings. The molecule has 0 fully saturated rings. The number of benzene rings is 2. The Morgan fingerprint density at radius 1 is 1.12 bits per heavy atom. The van der Waals surface area contributed by atoms with E-state index in [4.69, 9.17) is 17.3 Å². The normalized spacial score (nSPS) is 18.9. The average molecular weight is 367 g/mol. The lowest BCUT2D eigenvalue weighted by molar-refractivity contribution is -0.137. The van der Waals surface area contributed by atoms with E-state index in [2.05, 4.69) is 4.90 Å². The molecule has 0 spiro atoms. The summed E-state index contributed by atoms with van der Waals surface area (Å²) in [5.74, 6) is 0. The van der Waals surface area contributed by atoms with Crippen molar-refractivity contribution in [2.75, 3.05) is 19.3 Å². The average Bonchev–Trinajstić information content (AvgIpc) is 2.57. The Labute approximate surface area is 149 Å². The van der Waals surface area contributed by atoms with E-state index in [-0.39, 0.29) is 6.04 Å². The summed E-state index contributed by atoms with van der Waals surface area (Å²) < 4.78 is 38.3. The molecule has 2 N–H and O–H groups in total. The zero-order valence-corrected chi connectivity index (χ0v) is 14.4. The molecule has 0 radical (unpaired) electrons. The minimum atomic E-state index is -4.33. The maximum atomic E-state index is 12.8. The molecule has 25 heavy (non-hydrogen) atoms. The van der Waals surface area contributed by atoms with Gasteiger partial charge in [0.05, 0.1) is 11.6 Å². The van der Waals surface area contributed by atoms with E-state index in [0.717, 1.165) is 41.8 Å². The number of nitrogens with zero attached hydrogens (tertiary/aromatic N) is 1. The van der Waals surface area contributed by atoms with Gasteiger partial charge in [-0.25, -0.2) is 0 Å². The van der Waals surface area contributed by atoms with Crippen molar-refractivity contribution in [3.8, 4) is 0 Å². The highest BCUT2D eigenvalue weighted by Gasteiger charge is 2.30. The van der Waals surface area contributed by atoms with Crippen molar-refractivity contribution in [2.45, 2.75) is 18.6 Å². The van der Waals surface area contributed by atoms with Crippen molar-refractivity contribution >= 4 is 22.9 Å². The van der Waals surface area contributed by atoms with Crippen LogP contribution in [-0.4, -0.2) is 18.5 Å². The fraction of sp³-hybridized carbons (Fsp3) is 0.263. The summed E-state index contributed by atoms with van der Waals surface area (Å²) >= 11 is 6.08. The van der Waals surface area contributed by atoms with Crippen LogP contribution in [-0.2, 0) is 6.18 Å². The minimum Gasteiger partial charge on any atom is -0.398 e. The standard InChI is InChI=1S/C19H18ClF3N2/c1-25-9-8-13(16-11-15(20)6-7-17(16)24)10-18(25)12-2-4-14(5-3-12)19(21,22)23/h2-7,10-11,18H,8-9,24H2,1H3. The van der Waals surface area contributed by atoms with Gasteiger partial charge in [0.15, 0.2) is 0 Å². The first-order valence-electron chi connectivity index (χ1n) is 7.89. The second-order valence-corrected chi connectivity index (χ2v) is 6.66. The molecule has 2 aromatic carbocycles. The van der Waals surface area contributed by atoms with Crippen LogP contribution in [0.4, 0.5) is 18.9 Å². The van der Waals surface area contributed by atoms with Crippen LogP contribution in [0, 0.1) is 0 Å². The summed E-state index contributed by atoms with van der Waals surface area (Å²) in [5.41, 5.74) is 8.83. The first-order chi connectivity index (χ1) is 11.8. The molecule has 132 valence electrons. The van der Waals surface area contributed by atoms with Crippen LogP contribution in [0.3, 0.4) is 0 Å². The second-order valence-electron chi connectivity index (χ2n) is 6.22. The van der Waals surface area contributed by atoms with Crippen LogP contribution >= 0.6 is 11.6 Å². The molecule has 2 nitrogen and oxygen atoms in total. The molecule has 1 heterocycles. The molecule has 0 saturated carbocycles. The lowest BCUT2D eigenvalue weighted by Gasteiger charge is -2.32. The predicted octanol–water partition coefficient (Wildman–Crippen LogP) is 5.40. The number of likely N-dealkylation sites (N-methyl/N-ethyl adjacent to an activating group) is 1. The Morgan fingerprint density at radius 3 is 2.44 bits per heavy atom. The summed E-state index contributed by atoms with van der Waals surface area (Å²) in [4.78, 5) is 2.10. The maximum Gasteiger partial charge on any atom is 0.416 e. The monoisotopic (exact) mass is 366 g/mol. The van der Waals surface area contributed by atoms with Gasteiger partial charge >= 0.3 is 6.18 Å². The quantitative estimate of drug-likeness (QED) is 0.721. The van der Waals surface area contributed by atoms with Crippen molar-refractivity contribution in [3.63, 3.8) is 0 Å². The van der Waals surface area contributed by atoms with Gasteiger partial charge in [-0.1, -0.05) is 29.8 Å². The topological polar surface area (TPSA) is 29.3 Å². The summed E-state index contributed by atoms with van der Waals surface area (Å²) in [5, 5.41) is 0.607. The Kier molecular flexibility index (Phi) is 4.80. The van der Waals surface area contributed by atoms with Gasteiger partial charge in [0.1, 0.15) is 0 Å². The molecule has 1 unspecified atom stereocenters. The fourth-order valence-corrected chi connectivity index (χ4v) is 3.26. The molecule has 0 saturated heterocycles. The van der Waals surface area contributed by atoms with Gasteiger partial charge in [-0.05, 0) is 54.9 Å². The molecular formula is C19H18ClF3N2. The van der Waals surface area contributed by atoms with Crippen molar-refractivity contribution in [1.82, 2.24) is 4.90 Å². The van der Waals surface area contributed by atoms with E-state index in [1.54, 1.807) is 12.1 Å². The summed E-state index contributed by atoms with van der Waals surface area (Å²) in [7, 11) is 1.96. The molecule has 6 heteroatoms. The molecule has 3 rings (SSSR count). The van der Waals surface area contributed by atoms with Gasteiger partial charge in [-0.15, -0.1) is 0 Å². The molecule has 0 aromatic heterocycles. The summed E-state index contributed by atoms with van der Waals surface area (Å²) in [6.07, 6.45) is -1.47. The van der Waals surface area contributed by atoms with Gasteiger partial charge in [-0.2, -0.15) is 13.2 Å². The van der Waals surface area contributed by atoms with Crippen LogP contribution in [0.2, 0.25) is 5.02 Å². The Hall–Kier alpha value is -1.98. The van der Waals surface area contributed by atoms with E-state index in [0.29, 0.717) is 10.7 Å². The van der Waals surface area contributed by atoms with Gasteiger partial charge in [0, 0.05) is 22.8 Å². The van der Waals surface area contributed by atoms with E-state index in [1.165, 1.54) is 12.1 Å². The lowest BCUT2D eigenvalue weighted by atomic mass is 9.91. The van der Waals surface area contributed by atoms with Crippen LogP contribution in [0.5, 0.6) is 0 Å².